The van der Waals surface area contributed by atoms with E-state index >= 15 is 0 Å². The van der Waals surface area contributed by atoms with Gasteiger partial charge in [0, 0.05) is 32.5 Å². The van der Waals surface area contributed by atoms with Gasteiger partial charge in [0.25, 0.3) is 0 Å². The molecule has 0 saturated heterocycles. The van der Waals surface area contributed by atoms with Crippen molar-refractivity contribution in [3.63, 3.8) is 0 Å². The summed E-state index contributed by atoms with van der Waals surface area (Å²) < 4.78 is 4.92. The fraction of sp³-hybridized carbons (Fsp3) is 0.0638. The molecule has 1 aliphatic carbocycles. The largest absolute Gasteiger partial charge is 0.307 e. The molecule has 0 N–H and O–H groups in total. The molecule has 0 spiro atoms. The summed E-state index contributed by atoms with van der Waals surface area (Å²) in [5.41, 5.74) is 14.6. The Labute approximate surface area is 294 Å². The van der Waals surface area contributed by atoms with Crippen LogP contribution in [0.2, 0.25) is 0 Å². The fourth-order valence-electron chi connectivity index (χ4n) is 8.91. The topological polar surface area (TPSA) is 35.6 Å². The molecule has 0 bridgehead atoms. The smallest absolute Gasteiger partial charge is 0.165 e. The van der Waals surface area contributed by atoms with Gasteiger partial charge in [-0.2, -0.15) is 0 Å². The van der Waals surface area contributed by atoms with E-state index in [0.717, 1.165) is 39.1 Å². The number of hydrogen-bond acceptors (Lipinski definition) is 2. The zero-order chi connectivity index (χ0) is 33.8. The molecule has 10 aromatic rings. The highest BCUT2D eigenvalue weighted by Gasteiger charge is 2.38. The van der Waals surface area contributed by atoms with Crippen molar-refractivity contribution in [1.82, 2.24) is 19.1 Å². The van der Waals surface area contributed by atoms with Crippen LogP contribution >= 0.6 is 0 Å². The third-order valence-corrected chi connectivity index (χ3v) is 11.1. The number of para-hydroxylation sites is 4. The van der Waals surface area contributed by atoms with Crippen LogP contribution in [0.4, 0.5) is 0 Å². The molecule has 0 aliphatic heterocycles. The first-order valence-corrected chi connectivity index (χ1v) is 17.6. The maximum absolute atomic E-state index is 5.46. The third-order valence-electron chi connectivity index (χ3n) is 11.1. The van der Waals surface area contributed by atoms with E-state index in [1.165, 1.54) is 60.5 Å². The van der Waals surface area contributed by atoms with Crippen LogP contribution in [0.5, 0.6) is 0 Å². The number of nitrogens with zero attached hydrogens (tertiary/aromatic N) is 4. The monoisotopic (exact) mass is 652 g/mol. The molecule has 0 amide bonds. The lowest BCUT2D eigenvalue weighted by atomic mass is 9.81. The number of rotatable bonds is 3. The molecule has 4 heteroatoms. The minimum absolute atomic E-state index is 0.189. The van der Waals surface area contributed by atoms with Crippen LogP contribution in [0.3, 0.4) is 0 Å². The molecule has 240 valence electrons. The van der Waals surface area contributed by atoms with Gasteiger partial charge in [-0.05, 0) is 52.6 Å². The highest BCUT2D eigenvalue weighted by Crippen LogP contribution is 2.52. The van der Waals surface area contributed by atoms with Crippen molar-refractivity contribution in [3.8, 4) is 33.9 Å². The lowest BCUT2D eigenvalue weighted by molar-refractivity contribution is 0.656. The second kappa shape index (κ2) is 10.3. The summed E-state index contributed by atoms with van der Waals surface area (Å²) in [4.78, 5) is 10.8. The van der Waals surface area contributed by atoms with Gasteiger partial charge < -0.3 is 4.57 Å². The van der Waals surface area contributed by atoms with E-state index in [4.69, 9.17) is 9.97 Å². The lowest BCUT2D eigenvalue weighted by Gasteiger charge is -2.25. The van der Waals surface area contributed by atoms with Crippen molar-refractivity contribution in [3.05, 3.63) is 169 Å². The van der Waals surface area contributed by atoms with Gasteiger partial charge in [-0.3, -0.25) is 4.57 Å². The molecule has 51 heavy (non-hydrogen) atoms. The molecule has 11 rings (SSSR count). The van der Waals surface area contributed by atoms with Crippen LogP contribution in [0.1, 0.15) is 25.0 Å². The molecule has 0 fully saturated rings. The molecule has 0 radical (unpaired) electrons. The third kappa shape index (κ3) is 3.79. The summed E-state index contributed by atoms with van der Waals surface area (Å²) in [5, 5.41) is 4.81. The normalized spacial score (nSPS) is 13.5. The molecule has 3 heterocycles. The first kappa shape index (κ1) is 28.3. The zero-order valence-corrected chi connectivity index (χ0v) is 28.3. The van der Waals surface area contributed by atoms with Crippen molar-refractivity contribution < 1.29 is 0 Å². The summed E-state index contributed by atoms with van der Waals surface area (Å²) in [7, 11) is 0. The minimum Gasteiger partial charge on any atom is -0.307 e. The van der Waals surface area contributed by atoms with E-state index in [1.807, 2.05) is 12.1 Å². The van der Waals surface area contributed by atoms with Crippen molar-refractivity contribution >= 4 is 54.6 Å². The minimum atomic E-state index is -0.189. The van der Waals surface area contributed by atoms with Crippen molar-refractivity contribution in [1.29, 1.82) is 0 Å². The summed E-state index contributed by atoms with van der Waals surface area (Å²) >= 11 is 0. The average Bonchev–Trinajstić information content (AvgIpc) is 3.78. The quantitative estimate of drug-likeness (QED) is 0.190. The van der Waals surface area contributed by atoms with Gasteiger partial charge in [-0.15, -0.1) is 0 Å². The standard InChI is InChI=1S/C47H32N4/c1-47(2)36-21-9-6-17-30(36)33-20-14-26-41(42(33)47)50-39-24-12-7-18-31(39)34-27-28-35-32-19-8-13-25-40(32)51(45(35)44(34)50)46-43(29-15-4-3-5-16-29)48-37-22-10-11-23-38(37)49-46/h3-28H,1-2H3. The maximum atomic E-state index is 5.46. The SMILES string of the molecule is CC1(C)c2ccccc2-c2cccc(-n3c4ccccc4c4ccc5c6ccccc6n(-c6nc7ccccc7nc6-c6ccccc6)c5c43)c21. The molecule has 3 aromatic heterocycles. The predicted octanol–water partition coefficient (Wildman–Crippen LogP) is 11.8. The van der Waals surface area contributed by atoms with Crippen molar-refractivity contribution in [2.24, 2.45) is 0 Å². The molecule has 0 unspecified atom stereocenters. The van der Waals surface area contributed by atoms with Crippen molar-refractivity contribution in [2.75, 3.05) is 0 Å². The first-order chi connectivity index (χ1) is 25.1. The van der Waals surface area contributed by atoms with Gasteiger partial charge in [0.05, 0.1) is 38.8 Å². The van der Waals surface area contributed by atoms with E-state index in [9.17, 15) is 0 Å². The Morgan fingerprint density at radius 3 is 1.76 bits per heavy atom. The number of fused-ring (bicyclic) bond motifs is 11. The van der Waals surface area contributed by atoms with Gasteiger partial charge in [-0.25, -0.2) is 9.97 Å². The maximum Gasteiger partial charge on any atom is 0.165 e. The van der Waals surface area contributed by atoms with E-state index in [-0.39, 0.29) is 5.41 Å². The highest BCUT2D eigenvalue weighted by atomic mass is 15.1. The van der Waals surface area contributed by atoms with Gasteiger partial charge >= 0.3 is 0 Å². The fourth-order valence-corrected chi connectivity index (χ4v) is 8.91. The average molecular weight is 653 g/mol. The lowest BCUT2D eigenvalue weighted by Crippen LogP contribution is -2.18. The van der Waals surface area contributed by atoms with Crippen LogP contribution in [-0.2, 0) is 5.41 Å². The summed E-state index contributed by atoms with van der Waals surface area (Å²) in [6.45, 7) is 4.75. The Morgan fingerprint density at radius 2 is 1.02 bits per heavy atom. The van der Waals surface area contributed by atoms with Crippen LogP contribution in [0, 0.1) is 0 Å². The van der Waals surface area contributed by atoms with Gasteiger partial charge in [0.1, 0.15) is 5.69 Å². The number of aromatic nitrogens is 4. The number of benzene rings is 7. The van der Waals surface area contributed by atoms with Crippen LogP contribution in [0.15, 0.2) is 158 Å². The van der Waals surface area contributed by atoms with Crippen LogP contribution < -0.4 is 0 Å². The Morgan fingerprint density at radius 1 is 0.451 bits per heavy atom. The second-order valence-electron chi connectivity index (χ2n) is 14.2. The van der Waals surface area contributed by atoms with Gasteiger partial charge in [0.2, 0.25) is 0 Å². The van der Waals surface area contributed by atoms with Crippen LogP contribution in [0.25, 0.3) is 88.5 Å². The summed E-state index contributed by atoms with van der Waals surface area (Å²) in [5.74, 6) is 0.821. The Kier molecular flexibility index (Phi) is 5.70. The molecule has 7 aromatic carbocycles. The molecule has 4 nitrogen and oxygen atoms in total. The molecule has 1 aliphatic rings. The summed E-state index contributed by atoms with van der Waals surface area (Å²) in [6, 6.07) is 56.6. The Balaban J connectivity index is 1.36. The second-order valence-corrected chi connectivity index (χ2v) is 14.2. The summed E-state index contributed by atoms with van der Waals surface area (Å²) in [6.07, 6.45) is 0. The van der Waals surface area contributed by atoms with E-state index in [1.54, 1.807) is 0 Å². The molecule has 0 atom stereocenters. The molecular formula is C47H32N4. The Bertz CT molecular complexity index is 3050. The van der Waals surface area contributed by atoms with Crippen LogP contribution in [-0.4, -0.2) is 19.1 Å². The Hall–Kier alpha value is -6.52. The zero-order valence-electron chi connectivity index (χ0n) is 28.3. The van der Waals surface area contributed by atoms with E-state index in [0.29, 0.717) is 0 Å². The highest BCUT2D eigenvalue weighted by molar-refractivity contribution is 6.24. The van der Waals surface area contributed by atoms with Crippen molar-refractivity contribution in [2.45, 2.75) is 19.3 Å². The van der Waals surface area contributed by atoms with E-state index < -0.39 is 0 Å². The predicted molar refractivity (Wildman–Crippen MR) is 211 cm³/mol. The van der Waals surface area contributed by atoms with Gasteiger partial charge in [0.15, 0.2) is 5.82 Å². The first-order valence-electron chi connectivity index (χ1n) is 17.6. The number of hydrogen-bond donors (Lipinski definition) is 0. The van der Waals surface area contributed by atoms with Gasteiger partial charge in [-0.1, -0.05) is 141 Å². The molecular weight excluding hydrogens is 621 g/mol. The molecule has 0 saturated carbocycles. The van der Waals surface area contributed by atoms with E-state index in [2.05, 4.69) is 169 Å².